The highest BCUT2D eigenvalue weighted by Crippen LogP contribution is 2.34. The van der Waals surface area contributed by atoms with Gasteiger partial charge in [-0.05, 0) is 74.0 Å². The van der Waals surface area contributed by atoms with Gasteiger partial charge < -0.3 is 9.64 Å². The van der Waals surface area contributed by atoms with Crippen LogP contribution >= 0.6 is 11.8 Å². The van der Waals surface area contributed by atoms with Crippen LogP contribution in [0.1, 0.15) is 38.2 Å². The second kappa shape index (κ2) is 10.3. The van der Waals surface area contributed by atoms with Gasteiger partial charge in [0.1, 0.15) is 5.75 Å². The third-order valence-electron chi connectivity index (χ3n) is 5.97. The van der Waals surface area contributed by atoms with E-state index in [2.05, 4.69) is 9.89 Å². The SMILES string of the molecule is CCOc1ccc(-c2nn(-c3ccccc3)cc2/C=C2\SC(N3CCCCCC3)=NC2=O)cc1. The van der Waals surface area contributed by atoms with Crippen LogP contribution in [0.2, 0.25) is 0 Å². The van der Waals surface area contributed by atoms with Gasteiger partial charge in [0, 0.05) is 30.4 Å². The van der Waals surface area contributed by atoms with Crippen LogP contribution in [0.3, 0.4) is 0 Å². The Kier molecular flexibility index (Phi) is 6.81. The Labute approximate surface area is 204 Å². The number of amides is 1. The smallest absolute Gasteiger partial charge is 0.286 e. The molecule has 174 valence electrons. The first-order valence-electron chi connectivity index (χ1n) is 11.9. The first-order chi connectivity index (χ1) is 16.7. The number of aromatic nitrogens is 2. The predicted octanol–water partition coefficient (Wildman–Crippen LogP) is 5.78. The summed E-state index contributed by atoms with van der Waals surface area (Å²) < 4.78 is 7.46. The van der Waals surface area contributed by atoms with Gasteiger partial charge in [-0.25, -0.2) is 4.68 Å². The largest absolute Gasteiger partial charge is 0.494 e. The summed E-state index contributed by atoms with van der Waals surface area (Å²) in [6, 6.07) is 17.9. The van der Waals surface area contributed by atoms with E-state index >= 15 is 0 Å². The Morgan fingerprint density at radius 2 is 1.74 bits per heavy atom. The van der Waals surface area contributed by atoms with Gasteiger partial charge >= 0.3 is 0 Å². The van der Waals surface area contributed by atoms with Crippen LogP contribution in [0.15, 0.2) is 70.7 Å². The van der Waals surface area contributed by atoms with Gasteiger partial charge in [0.05, 0.1) is 22.9 Å². The average molecular weight is 473 g/mol. The van der Waals surface area contributed by atoms with Gasteiger partial charge in [-0.2, -0.15) is 10.1 Å². The van der Waals surface area contributed by atoms with E-state index in [4.69, 9.17) is 9.84 Å². The zero-order valence-corrected chi connectivity index (χ0v) is 20.1. The fourth-order valence-electron chi connectivity index (χ4n) is 4.24. The number of hydrogen-bond donors (Lipinski definition) is 0. The number of nitrogens with zero attached hydrogens (tertiary/aromatic N) is 4. The number of hydrogen-bond acceptors (Lipinski definition) is 5. The lowest BCUT2D eigenvalue weighted by atomic mass is 10.1. The van der Waals surface area contributed by atoms with Gasteiger partial charge in [-0.3, -0.25) is 4.79 Å². The summed E-state index contributed by atoms with van der Waals surface area (Å²) in [4.78, 5) is 20.1. The Balaban J connectivity index is 1.48. The molecular weight excluding hydrogens is 444 g/mol. The van der Waals surface area contributed by atoms with Crippen molar-refractivity contribution in [3.05, 3.63) is 71.3 Å². The number of rotatable bonds is 5. The molecule has 0 aliphatic carbocycles. The van der Waals surface area contributed by atoms with Crippen molar-refractivity contribution in [1.82, 2.24) is 14.7 Å². The molecule has 2 aliphatic rings. The zero-order chi connectivity index (χ0) is 23.3. The van der Waals surface area contributed by atoms with Crippen LogP contribution in [0.5, 0.6) is 5.75 Å². The van der Waals surface area contributed by atoms with Crippen molar-refractivity contribution in [1.29, 1.82) is 0 Å². The fourth-order valence-corrected chi connectivity index (χ4v) is 5.20. The molecule has 0 unspecified atom stereocenters. The molecule has 1 fully saturated rings. The molecule has 3 heterocycles. The normalized spacial score (nSPS) is 17.7. The highest BCUT2D eigenvalue weighted by atomic mass is 32.2. The summed E-state index contributed by atoms with van der Waals surface area (Å²) in [5, 5.41) is 5.71. The molecule has 0 N–H and O–H groups in total. The van der Waals surface area contributed by atoms with Crippen molar-refractivity contribution in [2.75, 3.05) is 19.7 Å². The number of ether oxygens (including phenoxy) is 1. The molecule has 1 aromatic heterocycles. The molecule has 1 saturated heterocycles. The van der Waals surface area contributed by atoms with E-state index in [9.17, 15) is 4.79 Å². The van der Waals surface area contributed by atoms with E-state index in [1.807, 2.05) is 78.5 Å². The summed E-state index contributed by atoms with van der Waals surface area (Å²) in [6.45, 7) is 4.53. The van der Waals surface area contributed by atoms with E-state index in [1.54, 1.807) is 0 Å². The predicted molar refractivity (Wildman–Crippen MR) is 138 cm³/mol. The molecule has 0 spiro atoms. The molecular formula is C27H28N4O2S. The zero-order valence-electron chi connectivity index (χ0n) is 19.3. The minimum absolute atomic E-state index is 0.172. The van der Waals surface area contributed by atoms with Crippen LogP contribution in [0.4, 0.5) is 0 Å². The number of carbonyl (C=O) groups excluding carboxylic acids is 1. The molecule has 7 heteroatoms. The van der Waals surface area contributed by atoms with Crippen molar-refractivity contribution in [3.8, 4) is 22.7 Å². The minimum Gasteiger partial charge on any atom is -0.494 e. The van der Waals surface area contributed by atoms with Gasteiger partial charge in [-0.15, -0.1) is 0 Å². The summed E-state index contributed by atoms with van der Waals surface area (Å²) in [7, 11) is 0. The van der Waals surface area contributed by atoms with Crippen molar-refractivity contribution >= 4 is 28.9 Å². The summed E-state index contributed by atoms with van der Waals surface area (Å²) in [5.74, 6) is 0.653. The molecule has 0 saturated carbocycles. The lowest BCUT2D eigenvalue weighted by Gasteiger charge is -2.20. The molecule has 1 amide bonds. The third kappa shape index (κ3) is 4.94. The standard InChI is InChI=1S/C27H28N4O2S/c1-2-33-23-14-12-20(13-15-23)25-21(19-31(29-25)22-10-6-5-7-11-22)18-24-26(32)28-27(34-24)30-16-8-3-4-9-17-30/h5-7,10-15,18-19H,2-4,8-9,16-17H2,1H3/b24-18-. The summed E-state index contributed by atoms with van der Waals surface area (Å²) in [6.07, 6.45) is 8.70. The van der Waals surface area contributed by atoms with E-state index in [0.29, 0.717) is 11.5 Å². The van der Waals surface area contributed by atoms with E-state index in [0.717, 1.165) is 59.4 Å². The second-order valence-corrected chi connectivity index (χ2v) is 9.39. The highest BCUT2D eigenvalue weighted by Gasteiger charge is 2.27. The summed E-state index contributed by atoms with van der Waals surface area (Å²) in [5.41, 5.74) is 3.63. The van der Waals surface area contributed by atoms with Gasteiger partial charge in [0.2, 0.25) is 0 Å². The maximum atomic E-state index is 12.8. The Hall–Kier alpha value is -3.32. The van der Waals surface area contributed by atoms with Crippen LogP contribution in [-0.4, -0.2) is 45.5 Å². The molecule has 6 nitrogen and oxygen atoms in total. The number of thioether (sulfide) groups is 1. The first kappa shape index (κ1) is 22.5. The average Bonchev–Trinajstić information content (AvgIpc) is 3.33. The topological polar surface area (TPSA) is 59.7 Å². The quantitative estimate of drug-likeness (QED) is 0.440. The fraction of sp³-hybridized carbons (Fsp3) is 0.296. The molecule has 2 aliphatic heterocycles. The van der Waals surface area contributed by atoms with Crippen LogP contribution in [0.25, 0.3) is 23.0 Å². The van der Waals surface area contributed by atoms with Gasteiger partial charge in [0.15, 0.2) is 5.17 Å². The lowest BCUT2D eigenvalue weighted by Crippen LogP contribution is -2.28. The first-order valence-corrected chi connectivity index (χ1v) is 12.7. The summed E-state index contributed by atoms with van der Waals surface area (Å²) >= 11 is 1.48. The number of aliphatic imine (C=N–C) groups is 1. The van der Waals surface area contributed by atoms with Crippen molar-refractivity contribution < 1.29 is 9.53 Å². The van der Waals surface area contributed by atoms with Gasteiger partial charge in [0.25, 0.3) is 5.91 Å². The Morgan fingerprint density at radius 3 is 2.44 bits per heavy atom. The van der Waals surface area contributed by atoms with Crippen molar-refractivity contribution in [2.45, 2.75) is 32.6 Å². The highest BCUT2D eigenvalue weighted by molar-refractivity contribution is 8.18. The molecule has 0 radical (unpaired) electrons. The van der Waals surface area contributed by atoms with E-state index in [-0.39, 0.29) is 5.91 Å². The van der Waals surface area contributed by atoms with Crippen LogP contribution in [0, 0.1) is 0 Å². The van der Waals surface area contributed by atoms with Crippen molar-refractivity contribution in [3.63, 3.8) is 0 Å². The maximum absolute atomic E-state index is 12.8. The van der Waals surface area contributed by atoms with Gasteiger partial charge in [-0.1, -0.05) is 31.0 Å². The second-order valence-electron chi connectivity index (χ2n) is 8.38. The van der Waals surface area contributed by atoms with E-state index in [1.165, 1.54) is 24.6 Å². The molecule has 0 bridgehead atoms. The molecule has 34 heavy (non-hydrogen) atoms. The number of benzene rings is 2. The lowest BCUT2D eigenvalue weighted by molar-refractivity contribution is -0.113. The molecule has 0 atom stereocenters. The number of para-hydroxylation sites is 1. The Bertz CT molecular complexity index is 1210. The molecule has 3 aromatic rings. The van der Waals surface area contributed by atoms with E-state index < -0.39 is 0 Å². The third-order valence-corrected chi connectivity index (χ3v) is 7.02. The molecule has 2 aromatic carbocycles. The molecule has 5 rings (SSSR count). The number of likely N-dealkylation sites (tertiary alicyclic amines) is 1. The maximum Gasteiger partial charge on any atom is 0.286 e. The van der Waals surface area contributed by atoms with Crippen LogP contribution < -0.4 is 4.74 Å². The number of amidine groups is 1. The van der Waals surface area contributed by atoms with Crippen molar-refractivity contribution in [2.24, 2.45) is 4.99 Å². The van der Waals surface area contributed by atoms with Crippen LogP contribution in [-0.2, 0) is 4.79 Å². The minimum atomic E-state index is -0.172. The monoisotopic (exact) mass is 472 g/mol. The Morgan fingerprint density at radius 1 is 1.00 bits per heavy atom. The number of carbonyl (C=O) groups is 1.